The van der Waals surface area contributed by atoms with E-state index in [2.05, 4.69) is 41.4 Å². The van der Waals surface area contributed by atoms with E-state index in [0.717, 1.165) is 6.42 Å². The van der Waals surface area contributed by atoms with E-state index in [1.165, 1.54) is 11.1 Å². The predicted octanol–water partition coefficient (Wildman–Crippen LogP) is 1.97. The summed E-state index contributed by atoms with van der Waals surface area (Å²) in [6.07, 6.45) is 0.833. The Kier molecular flexibility index (Phi) is 3.54. The summed E-state index contributed by atoms with van der Waals surface area (Å²) >= 11 is 0. The average molecular weight is 231 g/mol. The van der Waals surface area contributed by atoms with Crippen LogP contribution in [0.2, 0.25) is 0 Å². The lowest BCUT2D eigenvalue weighted by atomic mass is 9.98. The van der Waals surface area contributed by atoms with Crippen LogP contribution in [-0.4, -0.2) is 16.7 Å². The normalized spacial score (nSPS) is 12.6. The molecule has 0 aliphatic carbocycles. The van der Waals surface area contributed by atoms with Crippen molar-refractivity contribution in [3.05, 3.63) is 47.2 Å². The summed E-state index contributed by atoms with van der Waals surface area (Å²) in [6, 6.07) is 8.39. The fourth-order valence-corrected chi connectivity index (χ4v) is 1.87. The monoisotopic (exact) mass is 231 g/mol. The molecule has 0 aliphatic rings. The van der Waals surface area contributed by atoms with Gasteiger partial charge in [-0.15, -0.1) is 10.2 Å². The molecule has 4 heteroatoms. The van der Waals surface area contributed by atoms with Gasteiger partial charge in [0.15, 0.2) is 0 Å². The van der Waals surface area contributed by atoms with E-state index in [-0.39, 0.29) is 5.92 Å². The zero-order valence-corrected chi connectivity index (χ0v) is 10.2. The number of aryl methyl sites for hydroxylation is 2. The lowest BCUT2D eigenvalue weighted by Crippen LogP contribution is -2.15. The molecule has 2 N–H and O–H groups in total. The van der Waals surface area contributed by atoms with Gasteiger partial charge in [-0.25, -0.2) is 0 Å². The number of nitrogens with two attached hydrogens (primary N) is 1. The van der Waals surface area contributed by atoms with Crippen molar-refractivity contribution >= 4 is 0 Å². The maximum atomic E-state index is 5.77. The summed E-state index contributed by atoms with van der Waals surface area (Å²) in [5.74, 6) is 1.31. The van der Waals surface area contributed by atoms with Crippen molar-refractivity contribution in [2.45, 2.75) is 26.2 Å². The van der Waals surface area contributed by atoms with E-state index >= 15 is 0 Å². The van der Waals surface area contributed by atoms with Gasteiger partial charge >= 0.3 is 0 Å². The fourth-order valence-electron chi connectivity index (χ4n) is 1.87. The minimum Gasteiger partial charge on any atom is -0.425 e. The Labute approximate surface area is 101 Å². The molecule has 1 aromatic heterocycles. The highest BCUT2D eigenvalue weighted by atomic mass is 16.4. The zero-order valence-electron chi connectivity index (χ0n) is 10.2. The minimum atomic E-state index is 0.0954. The highest BCUT2D eigenvalue weighted by Gasteiger charge is 2.16. The van der Waals surface area contributed by atoms with Crippen molar-refractivity contribution in [2.24, 2.45) is 5.73 Å². The van der Waals surface area contributed by atoms with Gasteiger partial charge in [-0.3, -0.25) is 0 Å². The van der Waals surface area contributed by atoms with Crippen LogP contribution in [0, 0.1) is 13.8 Å². The van der Waals surface area contributed by atoms with Crippen LogP contribution in [0.15, 0.2) is 28.7 Å². The van der Waals surface area contributed by atoms with Gasteiger partial charge in [-0.05, 0) is 18.9 Å². The standard InChI is InChI=1S/C13H17N3O/c1-9-4-3-5-11(6-9)7-12(8-14)13-16-15-10(2)17-13/h3-6,12H,7-8,14H2,1-2H3. The molecule has 1 atom stereocenters. The molecule has 17 heavy (non-hydrogen) atoms. The molecule has 90 valence electrons. The molecule has 0 fully saturated rings. The van der Waals surface area contributed by atoms with Crippen LogP contribution in [-0.2, 0) is 6.42 Å². The lowest BCUT2D eigenvalue weighted by molar-refractivity contribution is 0.427. The van der Waals surface area contributed by atoms with E-state index in [4.69, 9.17) is 10.2 Å². The maximum absolute atomic E-state index is 5.77. The number of benzene rings is 1. The van der Waals surface area contributed by atoms with Gasteiger partial charge < -0.3 is 10.2 Å². The second-order valence-corrected chi connectivity index (χ2v) is 4.29. The van der Waals surface area contributed by atoms with Crippen LogP contribution in [0.25, 0.3) is 0 Å². The van der Waals surface area contributed by atoms with Crippen LogP contribution >= 0.6 is 0 Å². The zero-order chi connectivity index (χ0) is 12.3. The van der Waals surface area contributed by atoms with Crippen molar-refractivity contribution in [3.8, 4) is 0 Å². The number of nitrogens with zero attached hydrogens (tertiary/aromatic N) is 2. The Morgan fingerprint density at radius 2 is 2.12 bits per heavy atom. The SMILES string of the molecule is Cc1cccc(CC(CN)c2nnc(C)o2)c1. The largest absolute Gasteiger partial charge is 0.425 e. The van der Waals surface area contributed by atoms with Crippen molar-refractivity contribution in [1.82, 2.24) is 10.2 Å². The van der Waals surface area contributed by atoms with E-state index in [1.807, 2.05) is 0 Å². The van der Waals surface area contributed by atoms with Gasteiger partial charge in [-0.1, -0.05) is 29.8 Å². The third kappa shape index (κ3) is 2.91. The van der Waals surface area contributed by atoms with Gasteiger partial charge in [0.05, 0.1) is 5.92 Å². The van der Waals surface area contributed by atoms with E-state index in [0.29, 0.717) is 18.3 Å². The van der Waals surface area contributed by atoms with E-state index in [1.54, 1.807) is 6.92 Å². The molecular weight excluding hydrogens is 214 g/mol. The van der Waals surface area contributed by atoms with Crippen LogP contribution in [0.5, 0.6) is 0 Å². The molecular formula is C13H17N3O. The summed E-state index contributed by atoms with van der Waals surface area (Å²) in [5, 5.41) is 7.88. The number of hydrogen-bond donors (Lipinski definition) is 1. The third-order valence-corrected chi connectivity index (χ3v) is 2.74. The van der Waals surface area contributed by atoms with Crippen LogP contribution in [0.3, 0.4) is 0 Å². The first kappa shape index (κ1) is 11.8. The summed E-state index contributed by atoms with van der Waals surface area (Å²) in [6.45, 7) is 4.38. The van der Waals surface area contributed by atoms with Crippen molar-refractivity contribution in [3.63, 3.8) is 0 Å². The van der Waals surface area contributed by atoms with Crippen LogP contribution < -0.4 is 5.73 Å². The van der Waals surface area contributed by atoms with E-state index < -0.39 is 0 Å². The summed E-state index contributed by atoms with van der Waals surface area (Å²) in [7, 11) is 0. The number of hydrogen-bond acceptors (Lipinski definition) is 4. The molecule has 0 saturated carbocycles. The Hall–Kier alpha value is -1.68. The second-order valence-electron chi connectivity index (χ2n) is 4.29. The van der Waals surface area contributed by atoms with Crippen LogP contribution in [0.4, 0.5) is 0 Å². The first-order valence-corrected chi connectivity index (χ1v) is 5.74. The molecule has 0 amide bonds. The molecule has 0 spiro atoms. The van der Waals surface area contributed by atoms with Gasteiger partial charge in [-0.2, -0.15) is 0 Å². The molecule has 2 rings (SSSR count). The second kappa shape index (κ2) is 5.10. The maximum Gasteiger partial charge on any atom is 0.221 e. The van der Waals surface area contributed by atoms with Gasteiger partial charge in [0, 0.05) is 13.5 Å². The first-order valence-electron chi connectivity index (χ1n) is 5.74. The Bertz CT molecular complexity index is 493. The van der Waals surface area contributed by atoms with Crippen molar-refractivity contribution < 1.29 is 4.42 Å². The Balaban J connectivity index is 2.15. The third-order valence-electron chi connectivity index (χ3n) is 2.74. The quantitative estimate of drug-likeness (QED) is 0.873. The topological polar surface area (TPSA) is 64.9 Å². The predicted molar refractivity (Wildman–Crippen MR) is 65.7 cm³/mol. The molecule has 0 radical (unpaired) electrons. The average Bonchev–Trinajstić information content (AvgIpc) is 2.73. The number of aromatic nitrogens is 2. The van der Waals surface area contributed by atoms with Gasteiger partial charge in [0.1, 0.15) is 0 Å². The highest BCUT2D eigenvalue weighted by molar-refractivity contribution is 5.23. The highest BCUT2D eigenvalue weighted by Crippen LogP contribution is 2.19. The molecule has 2 aromatic rings. The lowest BCUT2D eigenvalue weighted by Gasteiger charge is -2.10. The summed E-state index contributed by atoms with van der Waals surface area (Å²) in [4.78, 5) is 0. The van der Waals surface area contributed by atoms with Gasteiger partial charge in [0.25, 0.3) is 0 Å². The van der Waals surface area contributed by atoms with E-state index in [9.17, 15) is 0 Å². The first-order chi connectivity index (χ1) is 8.19. The van der Waals surface area contributed by atoms with Crippen LogP contribution in [0.1, 0.15) is 28.8 Å². The van der Waals surface area contributed by atoms with Gasteiger partial charge in [0.2, 0.25) is 11.8 Å². The molecule has 1 heterocycles. The molecule has 0 saturated heterocycles. The summed E-state index contributed by atoms with van der Waals surface area (Å²) in [5.41, 5.74) is 8.27. The Morgan fingerprint density at radius 1 is 1.29 bits per heavy atom. The molecule has 0 bridgehead atoms. The van der Waals surface area contributed by atoms with Crippen molar-refractivity contribution in [2.75, 3.05) is 6.54 Å². The number of rotatable bonds is 4. The van der Waals surface area contributed by atoms with Crippen molar-refractivity contribution in [1.29, 1.82) is 0 Å². The molecule has 0 aliphatic heterocycles. The molecule has 1 aromatic carbocycles. The fraction of sp³-hybridized carbons (Fsp3) is 0.385. The molecule has 1 unspecified atom stereocenters. The minimum absolute atomic E-state index is 0.0954. The smallest absolute Gasteiger partial charge is 0.221 e. The molecule has 4 nitrogen and oxygen atoms in total. The summed E-state index contributed by atoms with van der Waals surface area (Å²) < 4.78 is 5.44. The Morgan fingerprint density at radius 3 is 2.71 bits per heavy atom.